The van der Waals surface area contributed by atoms with Gasteiger partial charge in [0.05, 0.1) is 24.6 Å². The first kappa shape index (κ1) is 29.1. The zero-order chi connectivity index (χ0) is 24.3. The largest absolute Gasteiger partial charge is 0.457 e. The number of carbonyl (C=O) groups excluding carboxylic acids is 1. The van der Waals surface area contributed by atoms with Gasteiger partial charge in [-0.2, -0.15) is 0 Å². The van der Waals surface area contributed by atoms with Gasteiger partial charge in [-0.25, -0.2) is 4.79 Å². The summed E-state index contributed by atoms with van der Waals surface area (Å²) in [5, 5.41) is 10.3. The molecule has 6 nitrogen and oxygen atoms in total. The van der Waals surface area contributed by atoms with E-state index < -0.39 is 12.1 Å². The molecule has 0 aliphatic heterocycles. The van der Waals surface area contributed by atoms with Gasteiger partial charge in [-0.05, 0) is 47.3 Å². The number of aliphatic hydroxyl groups excluding tert-OH is 1. The van der Waals surface area contributed by atoms with Crippen LogP contribution in [0.25, 0.3) is 0 Å². The zero-order valence-electron chi connectivity index (χ0n) is 20.5. The van der Waals surface area contributed by atoms with Crippen LogP contribution in [-0.2, 0) is 14.2 Å². The van der Waals surface area contributed by atoms with Crippen LogP contribution in [0.2, 0.25) is 0 Å². The number of methoxy groups -OCH3 is 2. The molecule has 0 radical (unpaired) electrons. The fraction of sp³-hybridized carbons (Fsp3) is 0.720. The number of esters is 1. The SMILES string of the molecule is CO[C@@H]([C@@H](C)[C@@H](CC[C@H](C)[C@H](C[C@H](O)C(C)C)OC)OC(=O)c1ccco1)[C@H](C)/C=C/I. The predicted molar refractivity (Wildman–Crippen MR) is 135 cm³/mol. The maximum Gasteiger partial charge on any atom is 0.374 e. The summed E-state index contributed by atoms with van der Waals surface area (Å²) in [5.74, 6) is 0.233. The molecule has 0 saturated carbocycles. The van der Waals surface area contributed by atoms with Gasteiger partial charge in [0.1, 0.15) is 6.10 Å². The van der Waals surface area contributed by atoms with E-state index in [-0.39, 0.29) is 47.7 Å². The van der Waals surface area contributed by atoms with Crippen molar-refractivity contribution in [3.8, 4) is 0 Å². The normalized spacial score (nSPS) is 18.8. The highest BCUT2D eigenvalue weighted by molar-refractivity contribution is 14.1. The maximum atomic E-state index is 12.7. The van der Waals surface area contributed by atoms with Crippen LogP contribution < -0.4 is 0 Å². The minimum absolute atomic E-state index is 0.0315. The summed E-state index contributed by atoms with van der Waals surface area (Å²) in [4.78, 5) is 12.7. The summed E-state index contributed by atoms with van der Waals surface area (Å²) < 4.78 is 24.6. The summed E-state index contributed by atoms with van der Waals surface area (Å²) in [6.45, 7) is 10.3. The maximum absolute atomic E-state index is 12.7. The molecule has 0 bridgehead atoms. The Morgan fingerprint density at radius 3 is 2.31 bits per heavy atom. The smallest absolute Gasteiger partial charge is 0.374 e. The van der Waals surface area contributed by atoms with Crippen LogP contribution in [-0.4, -0.2) is 49.7 Å². The third-order valence-electron chi connectivity index (χ3n) is 6.34. The van der Waals surface area contributed by atoms with Crippen molar-refractivity contribution in [2.24, 2.45) is 23.7 Å². The number of halogens is 1. The molecule has 0 aliphatic carbocycles. The van der Waals surface area contributed by atoms with Crippen molar-refractivity contribution in [2.75, 3.05) is 14.2 Å². The molecule has 1 aromatic heterocycles. The van der Waals surface area contributed by atoms with Crippen molar-refractivity contribution in [3.05, 3.63) is 34.3 Å². The second-order valence-electron chi connectivity index (χ2n) is 9.03. The summed E-state index contributed by atoms with van der Waals surface area (Å²) in [6, 6.07) is 3.28. The molecule has 0 unspecified atom stereocenters. The van der Waals surface area contributed by atoms with Crippen molar-refractivity contribution in [3.63, 3.8) is 0 Å². The molecule has 0 spiro atoms. The zero-order valence-corrected chi connectivity index (χ0v) is 22.7. The lowest BCUT2D eigenvalue weighted by atomic mass is 9.84. The van der Waals surface area contributed by atoms with Crippen LogP contribution in [0.4, 0.5) is 0 Å². The Labute approximate surface area is 207 Å². The predicted octanol–water partition coefficient (Wildman–Crippen LogP) is 5.88. The summed E-state index contributed by atoms with van der Waals surface area (Å²) in [7, 11) is 3.38. The van der Waals surface area contributed by atoms with E-state index in [1.165, 1.54) is 6.26 Å². The van der Waals surface area contributed by atoms with Gasteiger partial charge in [0.25, 0.3) is 0 Å². The van der Waals surface area contributed by atoms with Crippen LogP contribution in [0.1, 0.15) is 64.4 Å². The Kier molecular flexibility index (Phi) is 13.7. The quantitative estimate of drug-likeness (QED) is 0.212. The third kappa shape index (κ3) is 9.15. The van der Waals surface area contributed by atoms with Crippen LogP contribution in [0.3, 0.4) is 0 Å². The molecule has 1 heterocycles. The van der Waals surface area contributed by atoms with Crippen LogP contribution >= 0.6 is 22.6 Å². The third-order valence-corrected chi connectivity index (χ3v) is 6.75. The molecule has 32 heavy (non-hydrogen) atoms. The molecule has 7 atom stereocenters. The number of aliphatic hydroxyl groups is 1. The second-order valence-corrected chi connectivity index (χ2v) is 9.75. The summed E-state index contributed by atoms with van der Waals surface area (Å²) >= 11 is 2.20. The second kappa shape index (κ2) is 15.1. The Morgan fingerprint density at radius 2 is 1.81 bits per heavy atom. The minimum Gasteiger partial charge on any atom is -0.457 e. The molecule has 0 fully saturated rings. The molecule has 1 rings (SSSR count). The highest BCUT2D eigenvalue weighted by Gasteiger charge is 2.33. The van der Waals surface area contributed by atoms with Gasteiger partial charge in [-0.15, -0.1) is 0 Å². The molecule has 0 aliphatic rings. The van der Waals surface area contributed by atoms with Crippen molar-refractivity contribution in [2.45, 2.75) is 78.3 Å². The van der Waals surface area contributed by atoms with Gasteiger partial charge in [-0.3, -0.25) is 0 Å². The number of rotatable bonds is 15. The Hall–Kier alpha value is -0.900. The average Bonchev–Trinajstić information content (AvgIpc) is 3.29. The van der Waals surface area contributed by atoms with Gasteiger partial charge in [0.2, 0.25) is 5.76 Å². The highest BCUT2D eigenvalue weighted by Crippen LogP contribution is 2.29. The number of hydrogen-bond donors (Lipinski definition) is 1. The first-order chi connectivity index (χ1) is 15.2. The topological polar surface area (TPSA) is 78.1 Å². The highest BCUT2D eigenvalue weighted by atomic mass is 127. The molecule has 7 heteroatoms. The van der Waals surface area contributed by atoms with Gasteiger partial charge in [-0.1, -0.05) is 63.3 Å². The average molecular weight is 565 g/mol. The molecule has 0 saturated heterocycles. The lowest BCUT2D eigenvalue weighted by molar-refractivity contribution is -0.0487. The number of carbonyl (C=O) groups is 1. The summed E-state index contributed by atoms with van der Waals surface area (Å²) in [6.07, 6.45) is 4.66. The van der Waals surface area contributed by atoms with Crippen LogP contribution in [0.15, 0.2) is 33.0 Å². The first-order valence-corrected chi connectivity index (χ1v) is 12.7. The van der Waals surface area contributed by atoms with Crippen molar-refractivity contribution >= 4 is 28.6 Å². The number of ether oxygens (including phenoxy) is 3. The molecule has 0 aromatic carbocycles. The van der Waals surface area contributed by atoms with Crippen molar-refractivity contribution in [1.82, 2.24) is 0 Å². The molecular weight excluding hydrogens is 523 g/mol. The van der Waals surface area contributed by atoms with E-state index in [0.717, 1.165) is 6.42 Å². The minimum atomic E-state index is -0.468. The molecule has 184 valence electrons. The van der Waals surface area contributed by atoms with E-state index in [1.807, 2.05) is 17.9 Å². The van der Waals surface area contributed by atoms with E-state index in [9.17, 15) is 9.90 Å². The van der Waals surface area contributed by atoms with E-state index >= 15 is 0 Å². The number of furan rings is 1. The van der Waals surface area contributed by atoms with Gasteiger partial charge in [0.15, 0.2) is 0 Å². The fourth-order valence-corrected chi connectivity index (χ4v) is 4.70. The standard InChI is InChI=1S/C25H41IO6/c1-16(2)20(27)15-23(29-6)17(3)10-11-21(32-25(28)22-9-8-14-31-22)19(5)24(30-7)18(4)12-13-26/h8-9,12-14,16-21,23-24,27H,10-11,15H2,1-7H3/b13-12+/t17-,18+,19-,20-,21+,23-,24+/m0/s1. The van der Waals surface area contributed by atoms with E-state index in [0.29, 0.717) is 12.8 Å². The fourth-order valence-electron chi connectivity index (χ4n) is 4.05. The summed E-state index contributed by atoms with van der Waals surface area (Å²) in [5.41, 5.74) is 0. The van der Waals surface area contributed by atoms with E-state index in [2.05, 4.69) is 49.4 Å². The Morgan fingerprint density at radius 1 is 1.12 bits per heavy atom. The van der Waals surface area contributed by atoms with Crippen molar-refractivity contribution < 1.29 is 28.5 Å². The van der Waals surface area contributed by atoms with E-state index in [1.54, 1.807) is 26.4 Å². The van der Waals surface area contributed by atoms with Gasteiger partial charge < -0.3 is 23.7 Å². The Balaban J connectivity index is 2.95. The monoisotopic (exact) mass is 564 g/mol. The lowest BCUT2D eigenvalue weighted by Gasteiger charge is -2.33. The lowest BCUT2D eigenvalue weighted by Crippen LogP contribution is -2.38. The molecular formula is C25H41IO6. The first-order valence-electron chi connectivity index (χ1n) is 11.4. The van der Waals surface area contributed by atoms with E-state index in [4.69, 9.17) is 18.6 Å². The van der Waals surface area contributed by atoms with Gasteiger partial charge >= 0.3 is 5.97 Å². The molecule has 0 amide bonds. The van der Waals surface area contributed by atoms with Crippen molar-refractivity contribution in [1.29, 1.82) is 0 Å². The molecule has 1 aromatic rings. The number of hydrogen-bond acceptors (Lipinski definition) is 6. The van der Waals surface area contributed by atoms with Gasteiger partial charge in [0, 0.05) is 26.1 Å². The van der Waals surface area contributed by atoms with Crippen LogP contribution in [0, 0.1) is 23.7 Å². The Bertz CT molecular complexity index is 659. The van der Waals surface area contributed by atoms with Crippen LogP contribution in [0.5, 0.6) is 0 Å². The molecule has 1 N–H and O–H groups in total.